The van der Waals surface area contributed by atoms with E-state index in [0.29, 0.717) is 10.9 Å². The summed E-state index contributed by atoms with van der Waals surface area (Å²) < 4.78 is 26.3. The largest absolute Gasteiger partial charge is 0.269 e. The van der Waals surface area contributed by atoms with Crippen molar-refractivity contribution < 1.29 is 13.2 Å². The van der Waals surface area contributed by atoms with Crippen LogP contribution in [0.1, 0.15) is 47.1 Å². The van der Waals surface area contributed by atoms with Gasteiger partial charge in [-0.05, 0) is 30.0 Å². The molecule has 1 atom stereocenters. The van der Waals surface area contributed by atoms with Gasteiger partial charge in [0, 0.05) is 10.9 Å². The van der Waals surface area contributed by atoms with E-state index in [-0.39, 0.29) is 17.0 Å². The van der Waals surface area contributed by atoms with Gasteiger partial charge in [0.2, 0.25) is 0 Å². The van der Waals surface area contributed by atoms with Crippen molar-refractivity contribution in [1.82, 2.24) is 9.29 Å². The van der Waals surface area contributed by atoms with Crippen LogP contribution in [0.4, 0.5) is 0 Å². The SMILES string of the molecule is CC[C@@H](C)c1ccc(-c2csc(CN3C(=O)c4ccccc4S3(=O)=O)n2)cc1. The van der Waals surface area contributed by atoms with Crippen molar-refractivity contribution in [3.8, 4) is 11.3 Å². The molecule has 0 radical (unpaired) electrons. The smallest absolute Gasteiger partial charge is 0.268 e. The van der Waals surface area contributed by atoms with Gasteiger partial charge in [-0.3, -0.25) is 4.79 Å². The number of fused-ring (bicyclic) bond motifs is 1. The van der Waals surface area contributed by atoms with Crippen molar-refractivity contribution in [2.45, 2.75) is 37.6 Å². The van der Waals surface area contributed by atoms with Gasteiger partial charge in [-0.1, -0.05) is 50.2 Å². The number of hydrogen-bond acceptors (Lipinski definition) is 5. The van der Waals surface area contributed by atoms with Gasteiger partial charge in [0.15, 0.2) is 0 Å². The normalized spacial score (nSPS) is 16.2. The summed E-state index contributed by atoms with van der Waals surface area (Å²) in [6.45, 7) is 4.31. The zero-order valence-electron chi connectivity index (χ0n) is 15.6. The van der Waals surface area contributed by atoms with Gasteiger partial charge in [0.25, 0.3) is 15.9 Å². The first-order valence-corrected chi connectivity index (χ1v) is 11.4. The molecule has 0 aliphatic carbocycles. The molecule has 7 heteroatoms. The number of aromatic nitrogens is 1. The number of carbonyl (C=O) groups excluding carboxylic acids is 1. The first-order chi connectivity index (χ1) is 13.4. The summed E-state index contributed by atoms with van der Waals surface area (Å²) in [5.41, 5.74) is 3.28. The molecule has 1 aliphatic rings. The Labute approximate surface area is 168 Å². The summed E-state index contributed by atoms with van der Waals surface area (Å²) in [6, 6.07) is 14.6. The fraction of sp³-hybridized carbons (Fsp3) is 0.238. The van der Waals surface area contributed by atoms with Crippen molar-refractivity contribution in [2.24, 2.45) is 0 Å². The first-order valence-electron chi connectivity index (χ1n) is 9.12. The van der Waals surface area contributed by atoms with Crippen LogP contribution in [0.5, 0.6) is 0 Å². The maximum absolute atomic E-state index is 12.7. The molecule has 0 bridgehead atoms. The predicted octanol–water partition coefficient (Wildman–Crippen LogP) is 4.67. The van der Waals surface area contributed by atoms with Crippen LogP contribution < -0.4 is 0 Å². The van der Waals surface area contributed by atoms with Crippen LogP contribution in [-0.4, -0.2) is 23.6 Å². The van der Waals surface area contributed by atoms with E-state index in [2.05, 4.69) is 31.0 Å². The molecule has 0 spiro atoms. The van der Waals surface area contributed by atoms with Gasteiger partial charge in [-0.25, -0.2) is 17.7 Å². The molecule has 3 aromatic rings. The zero-order valence-corrected chi connectivity index (χ0v) is 17.3. The van der Waals surface area contributed by atoms with E-state index in [1.807, 2.05) is 17.5 Å². The van der Waals surface area contributed by atoms with Crippen LogP contribution >= 0.6 is 11.3 Å². The molecule has 1 amide bonds. The molecular formula is C21H20N2O3S2. The molecule has 2 heterocycles. The fourth-order valence-corrected chi connectivity index (χ4v) is 5.65. The monoisotopic (exact) mass is 412 g/mol. The van der Waals surface area contributed by atoms with E-state index in [9.17, 15) is 13.2 Å². The summed E-state index contributed by atoms with van der Waals surface area (Å²) >= 11 is 1.36. The van der Waals surface area contributed by atoms with Gasteiger partial charge in [-0.15, -0.1) is 11.3 Å². The lowest BCUT2D eigenvalue weighted by Crippen LogP contribution is -2.29. The molecule has 0 saturated carbocycles. The molecule has 2 aromatic carbocycles. The molecule has 144 valence electrons. The van der Waals surface area contributed by atoms with Gasteiger partial charge in [0.1, 0.15) is 9.90 Å². The number of carbonyl (C=O) groups is 1. The Morgan fingerprint density at radius 2 is 1.82 bits per heavy atom. The van der Waals surface area contributed by atoms with E-state index >= 15 is 0 Å². The third-order valence-electron chi connectivity index (χ3n) is 5.13. The summed E-state index contributed by atoms with van der Waals surface area (Å²) in [4.78, 5) is 17.2. The molecule has 28 heavy (non-hydrogen) atoms. The summed E-state index contributed by atoms with van der Waals surface area (Å²) in [7, 11) is -3.82. The second-order valence-corrected chi connectivity index (χ2v) is 9.64. The fourth-order valence-electron chi connectivity index (χ4n) is 3.24. The van der Waals surface area contributed by atoms with E-state index in [4.69, 9.17) is 0 Å². The first kappa shape index (κ1) is 18.8. The van der Waals surface area contributed by atoms with Crippen molar-refractivity contribution in [1.29, 1.82) is 0 Å². The molecule has 0 unspecified atom stereocenters. The minimum atomic E-state index is -3.82. The highest BCUT2D eigenvalue weighted by Crippen LogP contribution is 2.32. The molecule has 0 fully saturated rings. The van der Waals surface area contributed by atoms with E-state index in [1.165, 1.54) is 23.0 Å². The number of thiazole rings is 1. The van der Waals surface area contributed by atoms with Crippen LogP contribution in [0.2, 0.25) is 0 Å². The van der Waals surface area contributed by atoms with Gasteiger partial charge >= 0.3 is 0 Å². The lowest BCUT2D eigenvalue weighted by atomic mass is 9.97. The summed E-state index contributed by atoms with van der Waals surface area (Å²) in [6.07, 6.45) is 1.08. The Hall–Kier alpha value is -2.51. The van der Waals surface area contributed by atoms with E-state index in [1.54, 1.807) is 18.2 Å². The molecule has 0 N–H and O–H groups in total. The molecular weight excluding hydrogens is 392 g/mol. The predicted molar refractivity (Wildman–Crippen MR) is 110 cm³/mol. The quantitative estimate of drug-likeness (QED) is 0.611. The Kier molecular flexibility index (Phi) is 4.81. The van der Waals surface area contributed by atoms with Crippen LogP contribution in [-0.2, 0) is 16.6 Å². The highest BCUT2D eigenvalue weighted by Gasteiger charge is 2.41. The molecule has 1 aromatic heterocycles. The Morgan fingerprint density at radius 3 is 2.50 bits per heavy atom. The maximum atomic E-state index is 12.7. The van der Waals surface area contributed by atoms with E-state index < -0.39 is 15.9 Å². The lowest BCUT2D eigenvalue weighted by molar-refractivity contribution is 0.0865. The number of amides is 1. The zero-order chi connectivity index (χ0) is 19.9. The highest BCUT2D eigenvalue weighted by atomic mass is 32.2. The topological polar surface area (TPSA) is 67.3 Å². The summed E-state index contributed by atoms with van der Waals surface area (Å²) in [5, 5.41) is 2.49. The van der Waals surface area contributed by atoms with Gasteiger partial charge < -0.3 is 0 Å². The van der Waals surface area contributed by atoms with Gasteiger partial charge in [0.05, 0.1) is 17.8 Å². The maximum Gasteiger partial charge on any atom is 0.269 e. The van der Waals surface area contributed by atoms with Crippen LogP contribution in [0.3, 0.4) is 0 Å². The minimum absolute atomic E-state index is 0.0501. The molecule has 4 rings (SSSR count). The minimum Gasteiger partial charge on any atom is -0.268 e. The number of hydrogen-bond donors (Lipinski definition) is 0. The van der Waals surface area contributed by atoms with Crippen molar-refractivity contribution >= 4 is 27.3 Å². The lowest BCUT2D eigenvalue weighted by Gasteiger charge is -2.13. The summed E-state index contributed by atoms with van der Waals surface area (Å²) in [5.74, 6) is 0.0123. The van der Waals surface area contributed by atoms with Crippen molar-refractivity contribution in [2.75, 3.05) is 0 Å². The third-order valence-corrected chi connectivity index (χ3v) is 7.75. The van der Waals surface area contributed by atoms with Crippen molar-refractivity contribution in [3.05, 3.63) is 70.0 Å². The number of rotatable bonds is 5. The number of nitrogens with zero attached hydrogens (tertiary/aromatic N) is 2. The van der Waals surface area contributed by atoms with Crippen LogP contribution in [0, 0.1) is 0 Å². The number of benzene rings is 2. The standard InChI is InChI=1S/C21H20N2O3S2/c1-3-14(2)15-8-10-16(11-9-15)18-13-27-20(22-18)12-23-21(24)17-6-4-5-7-19(17)28(23,25)26/h4-11,13-14H,3,12H2,1-2H3/t14-/m1/s1. The van der Waals surface area contributed by atoms with Crippen LogP contribution in [0.15, 0.2) is 58.8 Å². The third kappa shape index (κ3) is 3.14. The number of sulfonamides is 1. The Morgan fingerprint density at radius 1 is 1.11 bits per heavy atom. The molecule has 5 nitrogen and oxygen atoms in total. The van der Waals surface area contributed by atoms with Gasteiger partial charge in [-0.2, -0.15) is 0 Å². The second-order valence-electron chi connectivity index (χ2n) is 6.87. The highest BCUT2D eigenvalue weighted by molar-refractivity contribution is 7.90. The molecule has 1 aliphatic heterocycles. The Balaban J connectivity index is 1.57. The Bertz CT molecular complexity index is 1130. The van der Waals surface area contributed by atoms with Crippen LogP contribution in [0.25, 0.3) is 11.3 Å². The molecule has 0 saturated heterocycles. The average Bonchev–Trinajstić information content (AvgIpc) is 3.26. The van der Waals surface area contributed by atoms with Crippen molar-refractivity contribution in [3.63, 3.8) is 0 Å². The average molecular weight is 413 g/mol. The second kappa shape index (κ2) is 7.14. The van der Waals surface area contributed by atoms with E-state index in [0.717, 1.165) is 22.0 Å².